The number of urea groups is 1. The maximum Gasteiger partial charge on any atom is 0.319 e. The van der Waals surface area contributed by atoms with E-state index in [0.29, 0.717) is 49.7 Å². The molecule has 1 saturated heterocycles. The van der Waals surface area contributed by atoms with E-state index in [2.05, 4.69) is 20.6 Å². The number of aromatic amines is 1. The molecule has 10 nitrogen and oxygen atoms in total. The summed E-state index contributed by atoms with van der Waals surface area (Å²) >= 11 is 1.50. The highest BCUT2D eigenvalue weighted by Gasteiger charge is 2.26. The van der Waals surface area contributed by atoms with Gasteiger partial charge in [0.05, 0.1) is 40.0 Å². The molecule has 0 atom stereocenters. The minimum atomic E-state index is -3.46. The quantitative estimate of drug-likeness (QED) is 0.587. The van der Waals surface area contributed by atoms with Crippen LogP contribution in [0.3, 0.4) is 0 Å². The van der Waals surface area contributed by atoms with Gasteiger partial charge in [0.1, 0.15) is 5.88 Å². The Morgan fingerprint density at radius 1 is 1.29 bits per heavy atom. The fourth-order valence-electron chi connectivity index (χ4n) is 3.45. The van der Waals surface area contributed by atoms with Crippen molar-refractivity contribution in [1.29, 1.82) is 0 Å². The molecule has 1 aromatic heterocycles. The second kappa shape index (κ2) is 8.34. The summed E-state index contributed by atoms with van der Waals surface area (Å²) in [7, 11) is -3.46. The van der Waals surface area contributed by atoms with Crippen LogP contribution < -0.4 is 15.5 Å². The van der Waals surface area contributed by atoms with Crippen molar-refractivity contribution in [2.75, 3.05) is 43.0 Å². The van der Waals surface area contributed by atoms with Crippen LogP contribution in [-0.2, 0) is 14.6 Å². The largest absolute Gasteiger partial charge is 0.379 e. The third-order valence-corrected chi connectivity index (χ3v) is 7.91. The Balaban J connectivity index is 1.29. The van der Waals surface area contributed by atoms with Gasteiger partial charge in [0.2, 0.25) is 5.95 Å². The molecule has 5 rings (SSSR count). The summed E-state index contributed by atoms with van der Waals surface area (Å²) in [6.45, 7) is 2.33. The molecule has 1 saturated carbocycles. The summed E-state index contributed by atoms with van der Waals surface area (Å²) in [5.74, 6) is 1.17. The zero-order valence-electron chi connectivity index (χ0n) is 16.8. The van der Waals surface area contributed by atoms with Gasteiger partial charge in [0, 0.05) is 25.3 Å². The van der Waals surface area contributed by atoms with E-state index in [1.54, 1.807) is 18.2 Å². The predicted molar refractivity (Wildman–Crippen MR) is 118 cm³/mol. The van der Waals surface area contributed by atoms with E-state index in [4.69, 9.17) is 4.74 Å². The smallest absolute Gasteiger partial charge is 0.319 e. The number of benzene rings is 1. The molecule has 12 heteroatoms. The number of sulfone groups is 1. The summed E-state index contributed by atoms with van der Waals surface area (Å²) in [6, 6.07) is 5.08. The Hall–Kier alpha value is -2.28. The first-order valence-electron chi connectivity index (χ1n) is 10.2. The van der Waals surface area contributed by atoms with Crippen molar-refractivity contribution in [1.82, 2.24) is 25.5 Å². The fourth-order valence-corrected chi connectivity index (χ4v) is 5.75. The van der Waals surface area contributed by atoms with E-state index in [9.17, 15) is 13.2 Å². The van der Waals surface area contributed by atoms with Gasteiger partial charge in [-0.2, -0.15) is 0 Å². The number of ether oxygens (including phenoxy) is 1. The van der Waals surface area contributed by atoms with E-state index in [1.165, 1.54) is 11.8 Å². The molecule has 1 aliphatic carbocycles. The number of rotatable bonds is 6. The summed E-state index contributed by atoms with van der Waals surface area (Å²) < 4.78 is 31.0. The Bertz CT molecular complexity index is 1120. The molecular weight excluding hydrogens is 440 g/mol. The second-order valence-corrected chi connectivity index (χ2v) is 10.8. The number of aromatic nitrogens is 2. The number of nitrogens with zero attached hydrogens (tertiary/aromatic N) is 3. The maximum atomic E-state index is 12.8. The Kier molecular flexibility index (Phi) is 5.54. The van der Waals surface area contributed by atoms with Gasteiger partial charge < -0.3 is 25.3 Å². The van der Waals surface area contributed by atoms with Crippen LogP contribution in [-0.4, -0.2) is 73.4 Å². The molecule has 0 spiro atoms. The highest BCUT2D eigenvalue weighted by molar-refractivity contribution is 8.03. The number of H-pyrrole nitrogens is 1. The average Bonchev–Trinajstić information content (AvgIpc) is 3.25. The molecule has 3 aliphatic rings. The standard InChI is InChI=1S/C19H24N6O4S2/c26-19(20-13-1-2-13)23-17-10-25(11-30-17)18-21-15-4-3-14(9-16(15)22-18)31(27,28)12-24-5-7-29-8-6-24/h3-4,9-10,13H,1-2,5-8,11-12H2,(H,21,22)(H2,20,23,26). The van der Waals surface area contributed by atoms with Gasteiger partial charge in [0.25, 0.3) is 0 Å². The van der Waals surface area contributed by atoms with E-state index >= 15 is 0 Å². The van der Waals surface area contributed by atoms with Crippen molar-refractivity contribution in [3.63, 3.8) is 0 Å². The Labute approximate surface area is 184 Å². The van der Waals surface area contributed by atoms with Gasteiger partial charge >= 0.3 is 6.03 Å². The van der Waals surface area contributed by atoms with Crippen LogP contribution in [0.25, 0.3) is 11.0 Å². The Morgan fingerprint density at radius 3 is 2.87 bits per heavy atom. The molecule has 31 heavy (non-hydrogen) atoms. The topological polar surface area (TPSA) is 120 Å². The number of carbonyl (C=O) groups is 1. The predicted octanol–water partition coefficient (Wildman–Crippen LogP) is 1.40. The molecule has 2 aromatic rings. The van der Waals surface area contributed by atoms with Crippen molar-refractivity contribution in [3.8, 4) is 0 Å². The zero-order chi connectivity index (χ0) is 21.4. The number of nitrogens with one attached hydrogen (secondary N) is 3. The number of hydrogen-bond acceptors (Lipinski definition) is 8. The highest BCUT2D eigenvalue weighted by atomic mass is 32.2. The molecule has 2 fully saturated rings. The molecule has 166 valence electrons. The number of fused-ring (bicyclic) bond motifs is 1. The highest BCUT2D eigenvalue weighted by Crippen LogP contribution is 2.29. The van der Waals surface area contributed by atoms with Crippen molar-refractivity contribution < 1.29 is 17.9 Å². The number of morpholine rings is 1. The van der Waals surface area contributed by atoms with Crippen LogP contribution in [0.15, 0.2) is 34.3 Å². The van der Waals surface area contributed by atoms with Gasteiger partial charge in [0.15, 0.2) is 9.84 Å². The summed E-state index contributed by atoms with van der Waals surface area (Å²) in [5, 5.41) is 6.49. The molecule has 1 aromatic carbocycles. The lowest BCUT2D eigenvalue weighted by Crippen LogP contribution is -2.39. The first-order chi connectivity index (χ1) is 15.0. The SMILES string of the molecule is O=C(NC1=CN(c2nc3cc(S(=O)(=O)CN4CCOCC4)ccc3[nH]2)CS1)NC1CC1. The lowest BCUT2D eigenvalue weighted by Gasteiger charge is -2.26. The number of thioether (sulfide) groups is 1. The number of carbonyl (C=O) groups excluding carboxylic acids is 1. The minimum absolute atomic E-state index is 0.0252. The van der Waals surface area contributed by atoms with Crippen molar-refractivity contribution in [3.05, 3.63) is 29.4 Å². The monoisotopic (exact) mass is 464 g/mol. The molecule has 3 heterocycles. The van der Waals surface area contributed by atoms with Crippen LogP contribution in [0.5, 0.6) is 0 Å². The molecule has 2 amide bonds. The van der Waals surface area contributed by atoms with Crippen molar-refractivity contribution in [2.24, 2.45) is 0 Å². The van der Waals surface area contributed by atoms with E-state index in [-0.39, 0.29) is 16.8 Å². The van der Waals surface area contributed by atoms with Gasteiger partial charge in [-0.15, -0.1) is 0 Å². The molecule has 2 aliphatic heterocycles. The second-order valence-electron chi connectivity index (χ2n) is 7.82. The lowest BCUT2D eigenvalue weighted by atomic mass is 10.3. The number of amides is 2. The van der Waals surface area contributed by atoms with Gasteiger partial charge in [-0.25, -0.2) is 18.2 Å². The van der Waals surface area contributed by atoms with Gasteiger partial charge in [-0.05, 0) is 31.0 Å². The van der Waals surface area contributed by atoms with Crippen LogP contribution in [0, 0.1) is 0 Å². The molecule has 0 bridgehead atoms. The number of anilines is 1. The maximum absolute atomic E-state index is 12.8. The van der Waals surface area contributed by atoms with Crippen LogP contribution in [0.1, 0.15) is 12.8 Å². The number of imidazole rings is 1. The summed E-state index contributed by atoms with van der Waals surface area (Å²) in [5.41, 5.74) is 1.34. The number of hydrogen-bond donors (Lipinski definition) is 3. The van der Waals surface area contributed by atoms with E-state index in [1.807, 2.05) is 16.0 Å². The third-order valence-electron chi connectivity index (χ3n) is 5.31. The van der Waals surface area contributed by atoms with Gasteiger partial charge in [-0.3, -0.25) is 4.90 Å². The van der Waals surface area contributed by atoms with Crippen LogP contribution in [0.4, 0.5) is 10.7 Å². The molecule has 0 radical (unpaired) electrons. The minimum Gasteiger partial charge on any atom is -0.379 e. The third kappa shape index (κ3) is 4.81. The summed E-state index contributed by atoms with van der Waals surface area (Å²) in [6.07, 6.45) is 3.90. The first-order valence-corrected chi connectivity index (χ1v) is 12.8. The normalized spacial score (nSPS) is 20.1. The van der Waals surface area contributed by atoms with Crippen molar-refractivity contribution >= 4 is 44.6 Å². The molecule has 0 unspecified atom stereocenters. The lowest BCUT2D eigenvalue weighted by molar-refractivity contribution is 0.0464. The van der Waals surface area contributed by atoms with E-state index < -0.39 is 9.84 Å². The van der Waals surface area contributed by atoms with Crippen LogP contribution in [0.2, 0.25) is 0 Å². The molecular formula is C19H24N6O4S2. The van der Waals surface area contributed by atoms with Crippen LogP contribution >= 0.6 is 11.8 Å². The van der Waals surface area contributed by atoms with E-state index in [0.717, 1.165) is 23.4 Å². The zero-order valence-corrected chi connectivity index (χ0v) is 18.5. The molecule has 3 N–H and O–H groups in total. The summed E-state index contributed by atoms with van der Waals surface area (Å²) in [4.78, 5) is 23.8. The first kappa shape index (κ1) is 20.6. The Morgan fingerprint density at radius 2 is 2.10 bits per heavy atom. The van der Waals surface area contributed by atoms with Crippen molar-refractivity contribution in [2.45, 2.75) is 23.8 Å². The fraction of sp³-hybridized carbons (Fsp3) is 0.474. The average molecular weight is 465 g/mol. The van der Waals surface area contributed by atoms with Gasteiger partial charge in [-0.1, -0.05) is 11.8 Å².